The molecule has 0 fully saturated rings. The van der Waals surface area contributed by atoms with Crippen LogP contribution in [0.25, 0.3) is 0 Å². The maximum absolute atomic E-state index is 10.3. The van der Waals surface area contributed by atoms with Crippen LogP contribution in [0.2, 0.25) is 0 Å². The Morgan fingerprint density at radius 3 is 2.00 bits per heavy atom. The van der Waals surface area contributed by atoms with Crippen LogP contribution in [0.15, 0.2) is 0 Å². The summed E-state index contributed by atoms with van der Waals surface area (Å²) in [5.74, 6) is 0. The molecule has 1 nitrogen and oxygen atoms in total. The highest BCUT2D eigenvalue weighted by Crippen LogP contribution is 1.51. The Morgan fingerprint density at radius 1 is 2.00 bits per heavy atom. The summed E-state index contributed by atoms with van der Waals surface area (Å²) in [5, 5.41) is 0. The second-order valence-corrected chi connectivity index (χ2v) is 1.50. The molecule has 0 heterocycles. The number of thiol groups is 1. The largest absolute Gasteiger partial charge is 0.227 e. The topological polar surface area (TPSA) is 17.1 Å². The van der Waals surface area contributed by atoms with Gasteiger partial charge in [0, 0.05) is 11.2 Å². The van der Waals surface area contributed by atoms with E-state index in [0.29, 0.717) is 0 Å². The van der Waals surface area contributed by atoms with Gasteiger partial charge in [0.05, 0.1) is 0 Å². The summed E-state index contributed by atoms with van der Waals surface area (Å²) < 4.78 is 19.1. The standard InChI is InChI=1S/FHOS2/c1-4(2)3/h4H. The first-order valence-electron chi connectivity index (χ1n) is 0.534. The molecule has 4 heteroatoms. The van der Waals surface area contributed by atoms with Crippen molar-refractivity contribution in [1.29, 1.82) is 0 Å². The maximum Gasteiger partial charge on any atom is 0.172 e. The van der Waals surface area contributed by atoms with Gasteiger partial charge in [-0.3, -0.25) is 0 Å². The highest BCUT2D eigenvalue weighted by molar-refractivity contribution is 8.18. The third-order valence-corrected chi connectivity index (χ3v) is 0. The molecule has 0 bridgehead atoms. The fourth-order valence-corrected chi connectivity index (χ4v) is 0. The molecule has 0 radical (unpaired) electrons. The zero-order valence-corrected chi connectivity index (χ0v) is 3.35. The second-order valence-electron chi connectivity index (χ2n) is 0.213. The van der Waals surface area contributed by atoms with E-state index in [1.165, 1.54) is 0 Å². The summed E-state index contributed by atoms with van der Waals surface area (Å²) in [6.45, 7) is 0. The monoisotopic (exact) mass is 99.9 g/mol. The van der Waals surface area contributed by atoms with Gasteiger partial charge in [-0.25, -0.2) is 4.21 Å². The van der Waals surface area contributed by atoms with Crippen LogP contribution in [0.4, 0.5) is 3.89 Å². The van der Waals surface area contributed by atoms with Gasteiger partial charge >= 0.3 is 0 Å². The Morgan fingerprint density at radius 2 is 2.00 bits per heavy atom. The normalized spacial score (nSPS) is 15.2. The van der Waals surface area contributed by atoms with Crippen LogP contribution >= 0.6 is 0 Å². The zero-order chi connectivity index (χ0) is 3.58. The first kappa shape index (κ1) is 4.30. The Hall–Kier alpha value is 0.300. The van der Waals surface area contributed by atoms with E-state index >= 15 is 0 Å². The molecule has 0 aromatic heterocycles. The summed E-state index contributed by atoms with van der Waals surface area (Å²) in [5.41, 5.74) is 0. The van der Waals surface area contributed by atoms with E-state index in [1.807, 2.05) is 0 Å². The molecule has 0 N–H and O–H groups in total. The van der Waals surface area contributed by atoms with E-state index in [1.54, 1.807) is 0 Å². The number of hydrogen-bond donors (Lipinski definition) is 1. The van der Waals surface area contributed by atoms with E-state index in [2.05, 4.69) is 11.2 Å². The third-order valence-electron chi connectivity index (χ3n) is 0. The van der Waals surface area contributed by atoms with Gasteiger partial charge in [0.15, 0.2) is 9.74 Å². The predicted molar refractivity (Wildman–Crippen MR) is 18.0 cm³/mol. The van der Waals surface area contributed by atoms with Crippen molar-refractivity contribution >= 4 is 20.9 Å². The van der Waals surface area contributed by atoms with Crippen molar-refractivity contribution in [1.82, 2.24) is 0 Å². The lowest BCUT2D eigenvalue weighted by Gasteiger charge is -1.40. The highest BCUT2D eigenvalue weighted by Gasteiger charge is 1.45. The first-order valence-corrected chi connectivity index (χ1v) is 2.70. The molecule has 4 heavy (non-hydrogen) atoms. The van der Waals surface area contributed by atoms with Gasteiger partial charge in [0.2, 0.25) is 0 Å². The molecule has 1 atom stereocenters. The van der Waals surface area contributed by atoms with Crippen molar-refractivity contribution in [2.45, 2.75) is 0 Å². The molecule has 0 aliphatic carbocycles. The molecule has 0 aromatic carbocycles. The molecular formula is HFOS2. The minimum atomic E-state index is -2.79. The molecule has 0 spiro atoms. The molecule has 0 aliphatic heterocycles. The van der Waals surface area contributed by atoms with E-state index in [4.69, 9.17) is 4.21 Å². The fourth-order valence-electron chi connectivity index (χ4n) is 0. The van der Waals surface area contributed by atoms with E-state index < -0.39 is 9.74 Å². The Balaban J connectivity index is 3.51. The van der Waals surface area contributed by atoms with Crippen LogP contribution in [-0.2, 0) is 20.9 Å². The van der Waals surface area contributed by atoms with Crippen LogP contribution in [0, 0.1) is 0 Å². The first-order chi connectivity index (χ1) is 1.73. The lowest BCUT2D eigenvalue weighted by atomic mass is 16.0. The SMILES string of the molecule is O=[SH](F)=S. The summed E-state index contributed by atoms with van der Waals surface area (Å²) >= 11 is 3.46. The van der Waals surface area contributed by atoms with Crippen LogP contribution in [-0.4, -0.2) is 4.21 Å². The molecule has 0 amide bonds. The van der Waals surface area contributed by atoms with Gasteiger partial charge < -0.3 is 0 Å². The molecule has 0 saturated heterocycles. The highest BCUT2D eigenvalue weighted by atomic mass is 32.8. The summed E-state index contributed by atoms with van der Waals surface area (Å²) in [6.07, 6.45) is 0. The van der Waals surface area contributed by atoms with Gasteiger partial charge in [-0.05, 0) is 0 Å². The molecular weight excluding hydrogens is 99.1 g/mol. The minimum absolute atomic E-state index is 2.79. The van der Waals surface area contributed by atoms with E-state index in [-0.39, 0.29) is 0 Å². The Labute approximate surface area is 29.8 Å². The average molecular weight is 100 g/mol. The summed E-state index contributed by atoms with van der Waals surface area (Å²) in [6, 6.07) is 0. The second kappa shape index (κ2) is 1.60. The molecule has 1 unspecified atom stereocenters. The van der Waals surface area contributed by atoms with Crippen LogP contribution in [0.5, 0.6) is 0 Å². The quantitative estimate of drug-likeness (QED) is 0.336. The molecule has 0 rings (SSSR count). The summed E-state index contributed by atoms with van der Waals surface area (Å²) in [7, 11) is -2.79. The van der Waals surface area contributed by atoms with Gasteiger partial charge in [-0.2, -0.15) is 0 Å². The van der Waals surface area contributed by atoms with Crippen molar-refractivity contribution in [3.8, 4) is 0 Å². The number of rotatable bonds is 0. The van der Waals surface area contributed by atoms with Crippen LogP contribution in [0.3, 0.4) is 0 Å². The molecule has 0 saturated carbocycles. The Bertz CT molecular complexity index is 54.4. The number of hydrogen-bond acceptors (Lipinski definition) is 2. The smallest absolute Gasteiger partial charge is 0.172 e. The lowest BCUT2D eigenvalue weighted by Crippen LogP contribution is -1.39. The van der Waals surface area contributed by atoms with Gasteiger partial charge in [0.25, 0.3) is 0 Å². The molecule has 0 aromatic rings. The van der Waals surface area contributed by atoms with Crippen molar-refractivity contribution < 1.29 is 8.09 Å². The lowest BCUT2D eigenvalue weighted by molar-refractivity contribution is 0.664. The maximum atomic E-state index is 10.3. The zero-order valence-electron chi connectivity index (χ0n) is 1.64. The van der Waals surface area contributed by atoms with Crippen molar-refractivity contribution in [2.24, 2.45) is 0 Å². The van der Waals surface area contributed by atoms with Crippen LogP contribution in [0.1, 0.15) is 0 Å². The van der Waals surface area contributed by atoms with Crippen LogP contribution < -0.4 is 0 Å². The van der Waals surface area contributed by atoms with Gasteiger partial charge in [-0.1, -0.05) is 0 Å². The fraction of sp³-hybridized carbons (Fsp3) is 0. The van der Waals surface area contributed by atoms with E-state index in [0.717, 1.165) is 0 Å². The minimum Gasteiger partial charge on any atom is -0.227 e. The van der Waals surface area contributed by atoms with Crippen molar-refractivity contribution in [3.05, 3.63) is 0 Å². The third kappa shape index (κ3) is 43.2. The molecule has 26 valence electrons. The number of halogens is 1. The molecule has 0 aliphatic rings. The van der Waals surface area contributed by atoms with Gasteiger partial charge in [0.1, 0.15) is 0 Å². The van der Waals surface area contributed by atoms with Gasteiger partial charge in [-0.15, -0.1) is 3.89 Å². The van der Waals surface area contributed by atoms with Crippen molar-refractivity contribution in [3.63, 3.8) is 0 Å². The predicted octanol–water partition coefficient (Wildman–Crippen LogP) is -0.186. The average Bonchev–Trinajstić information content (AvgIpc) is 0.811. The van der Waals surface area contributed by atoms with Crippen molar-refractivity contribution in [2.75, 3.05) is 0 Å². The van der Waals surface area contributed by atoms with E-state index in [9.17, 15) is 3.89 Å². The Kier molecular flexibility index (Phi) is 1.72. The summed E-state index contributed by atoms with van der Waals surface area (Å²) in [4.78, 5) is 0.